The minimum absolute atomic E-state index is 0.00257. The van der Waals surface area contributed by atoms with E-state index in [1.165, 1.54) is 33.1 Å². The number of amides is 2. The molecular weight excluding hydrogens is 551 g/mol. The van der Waals surface area contributed by atoms with Crippen LogP contribution < -0.4 is 19.4 Å². The standard InChI is InChI=1S/C24H18Cl2N8O3S/c1-13-7-18(36-2)20(26)21(19(13)25)32-9-14-8-27-23(37-34-17-6-4-3-5-16(17)30-31-34)29-22(14)33(24(32)35)10-15-11-38-12-28-15/h3-8,11-12H,9-10H2,1-2H3. The fourth-order valence-electron chi connectivity index (χ4n) is 4.14. The molecule has 2 aromatic carbocycles. The van der Waals surface area contributed by atoms with Crippen LogP contribution in [0.25, 0.3) is 11.0 Å². The Hall–Kier alpha value is -4.00. The van der Waals surface area contributed by atoms with Gasteiger partial charge in [0.25, 0.3) is 0 Å². The number of urea groups is 1. The molecule has 1 aliphatic rings. The molecule has 0 saturated carbocycles. The molecule has 0 saturated heterocycles. The molecule has 5 aromatic rings. The van der Waals surface area contributed by atoms with Crippen molar-refractivity contribution in [3.8, 4) is 11.8 Å². The summed E-state index contributed by atoms with van der Waals surface area (Å²) in [6, 6.07) is 8.66. The van der Waals surface area contributed by atoms with Crippen LogP contribution in [0.2, 0.25) is 10.0 Å². The van der Waals surface area contributed by atoms with Crippen molar-refractivity contribution >= 4 is 63.1 Å². The number of anilines is 2. The van der Waals surface area contributed by atoms with Gasteiger partial charge in [-0.15, -0.1) is 16.4 Å². The van der Waals surface area contributed by atoms with E-state index in [-0.39, 0.29) is 24.1 Å². The lowest BCUT2D eigenvalue weighted by atomic mass is 10.1. The molecule has 0 fully saturated rings. The Balaban J connectivity index is 1.43. The molecule has 3 aromatic heterocycles. The zero-order valence-corrected chi connectivity index (χ0v) is 22.3. The van der Waals surface area contributed by atoms with E-state index in [0.29, 0.717) is 50.1 Å². The average Bonchev–Trinajstić information content (AvgIpc) is 3.59. The van der Waals surface area contributed by atoms with Crippen LogP contribution in [-0.4, -0.2) is 43.3 Å². The van der Waals surface area contributed by atoms with E-state index in [0.717, 1.165) is 0 Å². The summed E-state index contributed by atoms with van der Waals surface area (Å²) in [4.78, 5) is 37.3. The molecule has 38 heavy (non-hydrogen) atoms. The van der Waals surface area contributed by atoms with Crippen LogP contribution in [0.5, 0.6) is 11.8 Å². The number of hydrogen-bond donors (Lipinski definition) is 0. The summed E-state index contributed by atoms with van der Waals surface area (Å²) in [6.07, 6.45) is 1.60. The van der Waals surface area contributed by atoms with E-state index in [1.54, 1.807) is 17.8 Å². The molecule has 6 rings (SSSR count). The largest absolute Gasteiger partial charge is 0.495 e. The third-order valence-electron chi connectivity index (χ3n) is 5.97. The number of fused-ring (bicyclic) bond motifs is 2. The summed E-state index contributed by atoms with van der Waals surface area (Å²) in [7, 11) is 1.51. The summed E-state index contributed by atoms with van der Waals surface area (Å²) < 4.78 is 5.42. The lowest BCUT2D eigenvalue weighted by Crippen LogP contribution is -2.48. The molecule has 2 amide bonds. The maximum absolute atomic E-state index is 14.0. The Kier molecular flexibility index (Phi) is 6.22. The second kappa shape index (κ2) is 9.71. The van der Waals surface area contributed by atoms with Gasteiger partial charge < -0.3 is 9.57 Å². The van der Waals surface area contributed by atoms with Gasteiger partial charge in [0.15, 0.2) is 0 Å². The summed E-state index contributed by atoms with van der Waals surface area (Å²) in [6.45, 7) is 2.10. The number of carbonyl (C=O) groups excluding carboxylic acids is 1. The monoisotopic (exact) mass is 568 g/mol. The SMILES string of the molecule is COc1cc(C)c(Cl)c(N2Cc3cnc(On4nnc5ccccc54)nc3N(Cc3cscn3)C2=O)c1Cl. The van der Waals surface area contributed by atoms with Crippen molar-refractivity contribution in [3.63, 3.8) is 0 Å². The molecule has 0 N–H and O–H groups in total. The predicted molar refractivity (Wildman–Crippen MR) is 143 cm³/mol. The van der Waals surface area contributed by atoms with Crippen LogP contribution >= 0.6 is 34.5 Å². The first kappa shape index (κ1) is 24.3. The van der Waals surface area contributed by atoms with E-state index < -0.39 is 6.03 Å². The highest BCUT2D eigenvalue weighted by Gasteiger charge is 2.36. The number of carbonyl (C=O) groups is 1. The topological polar surface area (TPSA) is 111 Å². The van der Waals surface area contributed by atoms with Gasteiger partial charge in [0.2, 0.25) is 0 Å². The number of aryl methyl sites for hydroxylation is 1. The molecule has 0 bridgehead atoms. The number of aromatic nitrogens is 6. The smallest absolute Gasteiger partial charge is 0.347 e. The molecule has 1 aliphatic heterocycles. The van der Waals surface area contributed by atoms with Gasteiger partial charge >= 0.3 is 12.0 Å². The molecule has 11 nitrogen and oxygen atoms in total. The first-order chi connectivity index (χ1) is 18.4. The quantitative estimate of drug-likeness (QED) is 0.271. The van der Waals surface area contributed by atoms with Crippen LogP contribution in [0.3, 0.4) is 0 Å². The average molecular weight is 569 g/mol. The van der Waals surface area contributed by atoms with Crippen LogP contribution in [0, 0.1) is 6.92 Å². The Morgan fingerprint density at radius 2 is 2.00 bits per heavy atom. The molecule has 4 heterocycles. The first-order valence-electron chi connectivity index (χ1n) is 11.3. The van der Waals surface area contributed by atoms with Gasteiger partial charge in [-0.3, -0.25) is 9.80 Å². The number of methoxy groups -OCH3 is 1. The van der Waals surface area contributed by atoms with E-state index in [2.05, 4.69) is 25.3 Å². The second-order valence-corrected chi connectivity index (χ2v) is 9.83. The minimum atomic E-state index is -0.391. The fourth-order valence-corrected chi connectivity index (χ4v) is 5.32. The molecule has 0 spiro atoms. The first-order valence-corrected chi connectivity index (χ1v) is 13.0. The lowest BCUT2D eigenvalue weighted by Gasteiger charge is -2.36. The normalized spacial score (nSPS) is 13.2. The van der Waals surface area contributed by atoms with Crippen LogP contribution in [0.15, 0.2) is 47.4 Å². The van der Waals surface area contributed by atoms with Crippen molar-refractivity contribution in [2.24, 2.45) is 0 Å². The Bertz CT molecular complexity index is 1680. The molecule has 0 atom stereocenters. The van der Waals surface area contributed by atoms with Crippen LogP contribution in [-0.2, 0) is 13.1 Å². The van der Waals surface area contributed by atoms with Crippen LogP contribution in [0.1, 0.15) is 16.8 Å². The molecule has 0 unspecified atom stereocenters. The van der Waals surface area contributed by atoms with Crippen molar-refractivity contribution < 1.29 is 14.4 Å². The fraction of sp³-hybridized carbons (Fsp3) is 0.167. The zero-order valence-electron chi connectivity index (χ0n) is 20.0. The van der Waals surface area contributed by atoms with Gasteiger partial charge in [-0.25, -0.2) is 14.8 Å². The van der Waals surface area contributed by atoms with E-state index in [4.69, 9.17) is 32.8 Å². The number of halogens is 2. The third-order valence-corrected chi connectivity index (χ3v) is 7.45. The number of rotatable bonds is 6. The molecule has 0 aliphatic carbocycles. The zero-order chi connectivity index (χ0) is 26.4. The highest BCUT2D eigenvalue weighted by atomic mass is 35.5. The van der Waals surface area contributed by atoms with Crippen molar-refractivity contribution in [2.75, 3.05) is 16.9 Å². The number of para-hydroxylation sites is 1. The van der Waals surface area contributed by atoms with E-state index >= 15 is 0 Å². The maximum Gasteiger partial charge on any atom is 0.347 e. The molecule has 192 valence electrons. The number of hydrogen-bond acceptors (Lipinski definition) is 9. The van der Waals surface area contributed by atoms with Gasteiger partial charge in [-0.05, 0) is 35.9 Å². The van der Waals surface area contributed by atoms with Gasteiger partial charge in [-0.2, -0.15) is 4.98 Å². The van der Waals surface area contributed by atoms with E-state index in [9.17, 15) is 4.79 Å². The number of nitrogens with zero attached hydrogens (tertiary/aromatic N) is 8. The Morgan fingerprint density at radius 1 is 1.16 bits per heavy atom. The number of thiazole rings is 1. The van der Waals surface area contributed by atoms with Crippen molar-refractivity contribution in [2.45, 2.75) is 20.0 Å². The minimum Gasteiger partial charge on any atom is -0.495 e. The highest BCUT2D eigenvalue weighted by Crippen LogP contribution is 2.45. The summed E-state index contributed by atoms with van der Waals surface area (Å²) in [5.41, 5.74) is 5.41. The van der Waals surface area contributed by atoms with Crippen molar-refractivity contribution in [3.05, 3.63) is 74.3 Å². The summed E-state index contributed by atoms with van der Waals surface area (Å²) >= 11 is 14.8. The molecular formula is C24H18Cl2N8O3S. The summed E-state index contributed by atoms with van der Waals surface area (Å²) in [5, 5.41) is 10.5. The van der Waals surface area contributed by atoms with Gasteiger partial charge in [-0.1, -0.05) is 40.2 Å². The van der Waals surface area contributed by atoms with Gasteiger partial charge in [0.1, 0.15) is 27.6 Å². The lowest BCUT2D eigenvalue weighted by molar-refractivity contribution is 0.166. The second-order valence-electron chi connectivity index (χ2n) is 8.35. The van der Waals surface area contributed by atoms with Crippen molar-refractivity contribution in [1.29, 1.82) is 0 Å². The van der Waals surface area contributed by atoms with Gasteiger partial charge in [0.05, 0.1) is 42.1 Å². The number of ether oxygens (including phenoxy) is 1. The van der Waals surface area contributed by atoms with Crippen molar-refractivity contribution in [1.82, 2.24) is 30.1 Å². The van der Waals surface area contributed by atoms with E-state index in [1.807, 2.05) is 36.6 Å². The Labute approximate surface area is 230 Å². The summed E-state index contributed by atoms with van der Waals surface area (Å²) in [5.74, 6) is 0.786. The molecule has 14 heteroatoms. The van der Waals surface area contributed by atoms with Crippen LogP contribution in [0.4, 0.5) is 16.3 Å². The third kappa shape index (κ3) is 4.16. The maximum atomic E-state index is 14.0. The predicted octanol–water partition coefficient (Wildman–Crippen LogP) is 5.29. The molecule has 0 radical (unpaired) electrons. The number of benzene rings is 2. The Morgan fingerprint density at radius 3 is 2.79 bits per heavy atom. The highest BCUT2D eigenvalue weighted by molar-refractivity contribution is 7.07. The van der Waals surface area contributed by atoms with Gasteiger partial charge in [0, 0.05) is 17.1 Å².